The van der Waals surface area contributed by atoms with E-state index in [0.717, 1.165) is 36.1 Å². The number of nitrogens with one attached hydrogen (secondary N) is 1. The Bertz CT molecular complexity index is 559. The molecule has 5 nitrogen and oxygen atoms in total. The number of nitrogens with two attached hydrogens (primary N) is 1. The van der Waals surface area contributed by atoms with E-state index in [9.17, 15) is 0 Å². The molecule has 0 bridgehead atoms. The second-order valence-electron chi connectivity index (χ2n) is 6.58. The van der Waals surface area contributed by atoms with Crippen LogP contribution in [0.3, 0.4) is 0 Å². The molecule has 1 aliphatic heterocycles. The Kier molecular flexibility index (Phi) is 5.26. The van der Waals surface area contributed by atoms with Gasteiger partial charge in [-0.25, -0.2) is 0 Å². The molecule has 0 spiro atoms. The lowest BCUT2D eigenvalue weighted by Gasteiger charge is -2.27. The fourth-order valence-corrected chi connectivity index (χ4v) is 3.31. The zero-order chi connectivity index (χ0) is 16.1. The highest BCUT2D eigenvalue weighted by molar-refractivity contribution is 5.92. The Hall–Kier alpha value is -1.91. The maximum atomic E-state index is 6.04. The van der Waals surface area contributed by atoms with E-state index >= 15 is 0 Å². The number of ether oxygens (including phenoxy) is 2. The first-order chi connectivity index (χ1) is 11.2. The molecule has 2 unspecified atom stereocenters. The van der Waals surface area contributed by atoms with Crippen LogP contribution in [0, 0.1) is 11.8 Å². The van der Waals surface area contributed by atoms with Gasteiger partial charge in [-0.3, -0.25) is 4.99 Å². The summed E-state index contributed by atoms with van der Waals surface area (Å²) in [5.41, 5.74) is 6.92. The first kappa shape index (κ1) is 16.0. The Labute approximate surface area is 138 Å². The highest BCUT2D eigenvalue weighted by Gasteiger charge is 2.20. The zero-order valence-electron chi connectivity index (χ0n) is 13.9. The number of nitrogens with zero attached hydrogens (tertiary/aromatic N) is 1. The first-order valence-electron chi connectivity index (χ1n) is 8.69. The molecule has 1 saturated carbocycles. The quantitative estimate of drug-likeness (QED) is 0.662. The minimum Gasteiger partial charge on any atom is -0.490 e. The lowest BCUT2D eigenvalue weighted by atomic mass is 9.80. The van der Waals surface area contributed by atoms with Gasteiger partial charge >= 0.3 is 0 Å². The van der Waals surface area contributed by atoms with Crippen molar-refractivity contribution in [1.29, 1.82) is 0 Å². The molecular formula is C18H27N3O2. The minimum absolute atomic E-state index is 0.470. The van der Waals surface area contributed by atoms with Crippen LogP contribution in [0.1, 0.15) is 39.0 Å². The van der Waals surface area contributed by atoms with Crippen LogP contribution in [-0.2, 0) is 0 Å². The van der Waals surface area contributed by atoms with Gasteiger partial charge in [-0.2, -0.15) is 0 Å². The van der Waals surface area contributed by atoms with Crippen molar-refractivity contribution in [3.63, 3.8) is 0 Å². The summed E-state index contributed by atoms with van der Waals surface area (Å²) in [5, 5.41) is 3.16. The number of guanidine groups is 1. The molecule has 1 aromatic rings. The topological polar surface area (TPSA) is 68.9 Å². The van der Waals surface area contributed by atoms with E-state index in [1.807, 2.05) is 18.2 Å². The van der Waals surface area contributed by atoms with Crippen LogP contribution in [0.15, 0.2) is 23.2 Å². The molecule has 0 aromatic heterocycles. The fraction of sp³-hybridized carbons (Fsp3) is 0.611. The summed E-state index contributed by atoms with van der Waals surface area (Å²) >= 11 is 0. The van der Waals surface area contributed by atoms with Crippen molar-refractivity contribution >= 4 is 11.6 Å². The van der Waals surface area contributed by atoms with Gasteiger partial charge in [0.05, 0.1) is 13.2 Å². The molecule has 0 saturated heterocycles. The first-order valence-corrected chi connectivity index (χ1v) is 8.69. The monoisotopic (exact) mass is 317 g/mol. The zero-order valence-corrected chi connectivity index (χ0v) is 13.9. The molecule has 3 N–H and O–H groups in total. The second-order valence-corrected chi connectivity index (χ2v) is 6.58. The lowest BCUT2D eigenvalue weighted by molar-refractivity contribution is 0.264. The van der Waals surface area contributed by atoms with Gasteiger partial charge in [-0.1, -0.05) is 26.2 Å². The predicted octanol–water partition coefficient (Wildman–Crippen LogP) is 3.40. The van der Waals surface area contributed by atoms with E-state index in [1.54, 1.807) is 0 Å². The van der Waals surface area contributed by atoms with E-state index in [-0.39, 0.29) is 0 Å². The van der Waals surface area contributed by atoms with Crippen molar-refractivity contribution in [3.05, 3.63) is 18.2 Å². The fourth-order valence-electron chi connectivity index (χ4n) is 3.31. The largest absolute Gasteiger partial charge is 0.490 e. The molecule has 126 valence electrons. The van der Waals surface area contributed by atoms with Gasteiger partial charge < -0.3 is 20.5 Å². The van der Waals surface area contributed by atoms with E-state index in [1.165, 1.54) is 25.7 Å². The van der Waals surface area contributed by atoms with Crippen molar-refractivity contribution in [1.82, 2.24) is 0 Å². The van der Waals surface area contributed by atoms with Gasteiger partial charge in [0.2, 0.25) is 0 Å². The summed E-state index contributed by atoms with van der Waals surface area (Å²) in [6.45, 7) is 4.51. The third kappa shape index (κ3) is 4.30. The second kappa shape index (κ2) is 7.57. The smallest absolute Gasteiger partial charge is 0.193 e. The van der Waals surface area contributed by atoms with Crippen LogP contribution in [0.25, 0.3) is 0 Å². The van der Waals surface area contributed by atoms with Gasteiger partial charge in [0.1, 0.15) is 0 Å². The summed E-state index contributed by atoms with van der Waals surface area (Å²) in [7, 11) is 0. The molecule has 5 heteroatoms. The molecular weight excluding hydrogens is 290 g/mol. The standard InChI is InChI=1S/C18H27N3O2/c1-13-5-2-3-6-14(13)12-20-18(19)21-15-7-8-16-17(11-15)23-10-4-9-22-16/h7-8,11,13-14H,2-6,9-10,12H2,1H3,(H3,19,20,21). The maximum Gasteiger partial charge on any atom is 0.193 e. The molecule has 1 fully saturated rings. The molecule has 3 rings (SSSR count). The van der Waals surface area contributed by atoms with Gasteiger partial charge in [0.25, 0.3) is 0 Å². The minimum atomic E-state index is 0.470. The maximum absolute atomic E-state index is 6.04. The summed E-state index contributed by atoms with van der Waals surface area (Å²) in [6, 6.07) is 5.78. The predicted molar refractivity (Wildman–Crippen MR) is 93.3 cm³/mol. The molecule has 23 heavy (non-hydrogen) atoms. The van der Waals surface area contributed by atoms with Crippen molar-refractivity contribution < 1.29 is 9.47 Å². The van der Waals surface area contributed by atoms with Gasteiger partial charge in [-0.05, 0) is 30.4 Å². The Morgan fingerprint density at radius 1 is 1.17 bits per heavy atom. The third-order valence-corrected chi connectivity index (χ3v) is 4.81. The number of hydrogen-bond donors (Lipinski definition) is 2. The molecule has 1 aromatic carbocycles. The number of fused-ring (bicyclic) bond motifs is 1. The number of aliphatic imine (C=N–C) groups is 1. The van der Waals surface area contributed by atoms with Crippen LogP contribution < -0.4 is 20.5 Å². The molecule has 1 aliphatic carbocycles. The van der Waals surface area contributed by atoms with E-state index < -0.39 is 0 Å². The van der Waals surface area contributed by atoms with E-state index in [2.05, 4.69) is 17.2 Å². The third-order valence-electron chi connectivity index (χ3n) is 4.81. The Morgan fingerprint density at radius 2 is 1.96 bits per heavy atom. The van der Waals surface area contributed by atoms with Crippen LogP contribution >= 0.6 is 0 Å². The average molecular weight is 317 g/mol. The van der Waals surface area contributed by atoms with Gasteiger partial charge in [0.15, 0.2) is 17.5 Å². The average Bonchev–Trinajstić information content (AvgIpc) is 2.79. The van der Waals surface area contributed by atoms with Crippen LogP contribution in [0.2, 0.25) is 0 Å². The van der Waals surface area contributed by atoms with E-state index in [0.29, 0.717) is 25.1 Å². The van der Waals surface area contributed by atoms with Crippen molar-refractivity contribution in [2.45, 2.75) is 39.0 Å². The SMILES string of the molecule is CC1CCCCC1CN=C(N)Nc1ccc2c(c1)OCCCO2. The normalized spacial score (nSPS) is 24.8. The Balaban J connectivity index is 1.59. The van der Waals surface area contributed by atoms with Crippen molar-refractivity contribution in [3.8, 4) is 11.5 Å². The molecule has 2 aliphatic rings. The lowest BCUT2D eigenvalue weighted by Crippen LogP contribution is -2.26. The summed E-state index contributed by atoms with van der Waals surface area (Å²) in [6.07, 6.45) is 6.16. The highest BCUT2D eigenvalue weighted by Crippen LogP contribution is 2.32. The molecule has 1 heterocycles. The van der Waals surface area contributed by atoms with Gasteiger partial charge in [0, 0.05) is 24.7 Å². The summed E-state index contributed by atoms with van der Waals surface area (Å²) in [4.78, 5) is 4.54. The molecule has 0 amide bonds. The highest BCUT2D eigenvalue weighted by atomic mass is 16.5. The molecule has 0 radical (unpaired) electrons. The van der Waals surface area contributed by atoms with Crippen LogP contribution in [0.4, 0.5) is 5.69 Å². The number of hydrogen-bond acceptors (Lipinski definition) is 3. The summed E-state index contributed by atoms with van der Waals surface area (Å²) < 4.78 is 11.3. The number of rotatable bonds is 3. The van der Waals surface area contributed by atoms with Gasteiger partial charge in [-0.15, -0.1) is 0 Å². The summed E-state index contributed by atoms with van der Waals surface area (Å²) in [5.74, 6) is 3.43. The van der Waals surface area contributed by atoms with Crippen LogP contribution in [-0.4, -0.2) is 25.7 Å². The van der Waals surface area contributed by atoms with Crippen molar-refractivity contribution in [2.75, 3.05) is 25.1 Å². The number of anilines is 1. The number of benzene rings is 1. The molecule has 2 atom stereocenters. The Morgan fingerprint density at radius 3 is 2.78 bits per heavy atom. The van der Waals surface area contributed by atoms with Crippen molar-refractivity contribution in [2.24, 2.45) is 22.6 Å². The van der Waals surface area contributed by atoms with E-state index in [4.69, 9.17) is 15.2 Å². The van der Waals surface area contributed by atoms with Crippen LogP contribution in [0.5, 0.6) is 11.5 Å².